The zero-order valence-corrected chi connectivity index (χ0v) is 7.21. The van der Waals surface area contributed by atoms with E-state index in [1.165, 1.54) is 0 Å². The zero-order valence-electron chi connectivity index (χ0n) is 7.21. The molecule has 0 aromatic carbocycles. The molecule has 4 nitrogen and oxygen atoms in total. The number of nitrogens with zero attached hydrogens (tertiary/aromatic N) is 1. The van der Waals surface area contributed by atoms with E-state index in [0.29, 0.717) is 5.69 Å². The van der Waals surface area contributed by atoms with Gasteiger partial charge in [0, 0.05) is 6.42 Å². The topological polar surface area (TPSA) is 63.3 Å². The molecule has 72 valence electrons. The van der Waals surface area contributed by atoms with Crippen LogP contribution in [0, 0.1) is 6.92 Å². The number of aromatic nitrogens is 1. The van der Waals surface area contributed by atoms with Crippen molar-refractivity contribution in [2.45, 2.75) is 26.4 Å². The molecule has 0 saturated carbocycles. The van der Waals surface area contributed by atoms with Gasteiger partial charge in [0.1, 0.15) is 6.67 Å². The highest BCUT2D eigenvalue weighted by molar-refractivity contribution is 5.66. The Hall–Kier alpha value is -1.39. The lowest BCUT2D eigenvalue weighted by Gasteiger charge is -1.89. The van der Waals surface area contributed by atoms with Crippen LogP contribution in [-0.4, -0.2) is 16.1 Å². The van der Waals surface area contributed by atoms with E-state index in [4.69, 9.17) is 9.52 Å². The van der Waals surface area contributed by atoms with Crippen LogP contribution >= 0.6 is 0 Å². The Morgan fingerprint density at radius 2 is 2.38 bits per heavy atom. The van der Waals surface area contributed by atoms with E-state index in [1.807, 2.05) is 0 Å². The molecule has 0 radical (unpaired) electrons. The molecular formula is C8H10FNO3. The molecule has 1 rings (SSSR count). The Morgan fingerprint density at radius 1 is 1.69 bits per heavy atom. The minimum atomic E-state index is -0.919. The first kappa shape index (κ1) is 9.70. The van der Waals surface area contributed by atoms with Crippen LogP contribution in [0.2, 0.25) is 0 Å². The van der Waals surface area contributed by atoms with Gasteiger partial charge >= 0.3 is 5.97 Å². The number of carboxylic acid groups (broad SMARTS) is 1. The fraction of sp³-hybridized carbons (Fsp3) is 0.500. The van der Waals surface area contributed by atoms with E-state index < -0.39 is 12.6 Å². The monoisotopic (exact) mass is 187 g/mol. The number of hydrogen-bond donors (Lipinski definition) is 1. The van der Waals surface area contributed by atoms with Crippen LogP contribution in [0.4, 0.5) is 4.39 Å². The summed E-state index contributed by atoms with van der Waals surface area (Å²) in [5.41, 5.74) is 0.489. The molecule has 13 heavy (non-hydrogen) atoms. The third-order valence-electron chi connectivity index (χ3n) is 1.61. The molecule has 1 heterocycles. The van der Waals surface area contributed by atoms with Gasteiger partial charge in [-0.15, -0.1) is 0 Å². The first-order chi connectivity index (χ1) is 6.13. The van der Waals surface area contributed by atoms with Crippen LogP contribution in [0.5, 0.6) is 0 Å². The minimum Gasteiger partial charge on any atom is -0.481 e. The van der Waals surface area contributed by atoms with Gasteiger partial charge in [-0.25, -0.2) is 9.37 Å². The van der Waals surface area contributed by atoms with Gasteiger partial charge in [0.2, 0.25) is 0 Å². The Morgan fingerprint density at radius 3 is 2.85 bits per heavy atom. The number of carbonyl (C=O) groups is 1. The Bertz CT molecular complexity index is 308. The van der Waals surface area contributed by atoms with Crippen LogP contribution < -0.4 is 0 Å². The molecule has 0 aliphatic rings. The molecule has 1 aromatic rings. The van der Waals surface area contributed by atoms with Crippen molar-refractivity contribution in [1.82, 2.24) is 4.98 Å². The van der Waals surface area contributed by atoms with Crippen molar-refractivity contribution in [1.29, 1.82) is 0 Å². The first-order valence-electron chi connectivity index (χ1n) is 3.86. The van der Waals surface area contributed by atoms with Gasteiger partial charge < -0.3 is 9.52 Å². The Kier molecular flexibility index (Phi) is 3.00. The predicted octanol–water partition coefficient (Wildman–Crippen LogP) is 1.47. The molecule has 5 heteroatoms. The maximum atomic E-state index is 12.1. The molecule has 0 atom stereocenters. The molecule has 1 N–H and O–H groups in total. The SMILES string of the molecule is Cc1nc(CCC(=O)O)oc1CF. The second-order valence-electron chi connectivity index (χ2n) is 2.64. The average molecular weight is 187 g/mol. The van der Waals surface area contributed by atoms with Gasteiger partial charge in [-0.1, -0.05) is 0 Å². The van der Waals surface area contributed by atoms with Crippen LogP contribution in [0.15, 0.2) is 4.42 Å². The van der Waals surface area contributed by atoms with Gasteiger partial charge in [-0.2, -0.15) is 0 Å². The smallest absolute Gasteiger partial charge is 0.303 e. The summed E-state index contributed by atoms with van der Waals surface area (Å²) in [4.78, 5) is 14.1. The number of alkyl halides is 1. The number of oxazole rings is 1. The van der Waals surface area contributed by atoms with Gasteiger partial charge in [0.25, 0.3) is 0 Å². The summed E-state index contributed by atoms with van der Waals surface area (Å²) >= 11 is 0. The van der Waals surface area contributed by atoms with Crippen molar-refractivity contribution < 1.29 is 18.7 Å². The van der Waals surface area contributed by atoms with Gasteiger partial charge in [0.05, 0.1) is 12.1 Å². The highest BCUT2D eigenvalue weighted by Gasteiger charge is 2.09. The summed E-state index contributed by atoms with van der Waals surface area (Å²) < 4.78 is 17.1. The van der Waals surface area contributed by atoms with E-state index >= 15 is 0 Å². The number of aliphatic carboxylic acids is 1. The molecule has 0 aliphatic heterocycles. The largest absolute Gasteiger partial charge is 0.481 e. The fourth-order valence-corrected chi connectivity index (χ4v) is 0.933. The molecule has 0 aliphatic carbocycles. The highest BCUT2D eigenvalue weighted by Crippen LogP contribution is 2.12. The number of rotatable bonds is 4. The maximum absolute atomic E-state index is 12.1. The molecule has 0 unspecified atom stereocenters. The van der Waals surface area contributed by atoms with Gasteiger partial charge in [-0.3, -0.25) is 4.79 Å². The minimum absolute atomic E-state index is 0.0499. The fourth-order valence-electron chi connectivity index (χ4n) is 0.933. The van der Waals surface area contributed by atoms with Crippen molar-refractivity contribution in [3.8, 4) is 0 Å². The summed E-state index contributed by atoms with van der Waals surface area (Å²) in [5.74, 6) is -0.453. The molecule has 0 spiro atoms. The molecular weight excluding hydrogens is 177 g/mol. The van der Waals surface area contributed by atoms with E-state index in [-0.39, 0.29) is 24.5 Å². The number of hydrogen-bond acceptors (Lipinski definition) is 3. The van der Waals surface area contributed by atoms with E-state index in [0.717, 1.165) is 0 Å². The van der Waals surface area contributed by atoms with Gasteiger partial charge in [0.15, 0.2) is 11.7 Å². The van der Waals surface area contributed by atoms with E-state index in [1.54, 1.807) is 6.92 Å². The van der Waals surface area contributed by atoms with E-state index in [2.05, 4.69) is 4.98 Å². The summed E-state index contributed by atoms with van der Waals surface area (Å²) in [6.07, 6.45) is 0.155. The number of halogens is 1. The lowest BCUT2D eigenvalue weighted by molar-refractivity contribution is -0.137. The molecule has 0 saturated heterocycles. The van der Waals surface area contributed by atoms with Crippen molar-refractivity contribution in [3.63, 3.8) is 0 Å². The number of carboxylic acids is 1. The van der Waals surface area contributed by atoms with E-state index in [9.17, 15) is 9.18 Å². The summed E-state index contributed by atoms with van der Waals surface area (Å²) in [6.45, 7) is 0.925. The molecule has 0 amide bonds. The lowest BCUT2D eigenvalue weighted by atomic mass is 10.3. The van der Waals surface area contributed by atoms with Crippen molar-refractivity contribution in [2.75, 3.05) is 0 Å². The Balaban J connectivity index is 2.62. The molecule has 1 aromatic heterocycles. The third kappa shape index (κ3) is 2.54. The standard InChI is InChI=1S/C8H10FNO3/c1-5-6(4-9)13-7(10-5)2-3-8(11)12/h2-4H2,1H3,(H,11,12). The highest BCUT2D eigenvalue weighted by atomic mass is 19.1. The average Bonchev–Trinajstić information content (AvgIpc) is 2.43. The summed E-state index contributed by atoms with van der Waals surface area (Å²) in [7, 11) is 0. The first-order valence-corrected chi connectivity index (χ1v) is 3.86. The van der Waals surface area contributed by atoms with Crippen molar-refractivity contribution in [3.05, 3.63) is 17.3 Å². The van der Waals surface area contributed by atoms with Crippen LogP contribution in [0.1, 0.15) is 23.8 Å². The normalized spacial score (nSPS) is 10.3. The zero-order chi connectivity index (χ0) is 9.84. The number of aryl methyl sites for hydroxylation is 2. The molecule has 0 fully saturated rings. The van der Waals surface area contributed by atoms with Crippen LogP contribution in [0.3, 0.4) is 0 Å². The summed E-state index contributed by atoms with van der Waals surface area (Å²) in [6, 6.07) is 0. The lowest BCUT2D eigenvalue weighted by Crippen LogP contribution is -1.97. The third-order valence-corrected chi connectivity index (χ3v) is 1.61. The van der Waals surface area contributed by atoms with Crippen LogP contribution in [-0.2, 0) is 17.9 Å². The molecule has 0 bridgehead atoms. The quantitative estimate of drug-likeness (QED) is 0.775. The van der Waals surface area contributed by atoms with Crippen molar-refractivity contribution >= 4 is 5.97 Å². The van der Waals surface area contributed by atoms with Crippen LogP contribution in [0.25, 0.3) is 0 Å². The van der Waals surface area contributed by atoms with Crippen molar-refractivity contribution in [2.24, 2.45) is 0 Å². The Labute approximate surface area is 74.4 Å². The second kappa shape index (κ2) is 4.02. The second-order valence-corrected chi connectivity index (χ2v) is 2.64. The maximum Gasteiger partial charge on any atom is 0.303 e. The predicted molar refractivity (Wildman–Crippen MR) is 42.0 cm³/mol. The summed E-state index contributed by atoms with van der Waals surface area (Å²) in [5, 5.41) is 8.36. The van der Waals surface area contributed by atoms with Gasteiger partial charge in [-0.05, 0) is 6.92 Å².